The smallest absolute Gasteiger partial charge is 0.0985 e. The number of nitrogens with zero attached hydrogens (tertiary/aromatic N) is 2. The summed E-state index contributed by atoms with van der Waals surface area (Å²) in [5.41, 5.74) is 3.06. The highest BCUT2D eigenvalue weighted by Crippen LogP contribution is 2.44. The lowest BCUT2D eigenvalue weighted by molar-refractivity contribution is 0.184. The van der Waals surface area contributed by atoms with Crippen molar-refractivity contribution in [3.8, 4) is 6.07 Å². The molecular formula is C22H32N2O. The van der Waals surface area contributed by atoms with Gasteiger partial charge in [-0.3, -0.25) is 4.99 Å². The van der Waals surface area contributed by atoms with Crippen LogP contribution in [-0.2, 0) is 5.41 Å². The van der Waals surface area contributed by atoms with E-state index in [1.165, 1.54) is 5.56 Å². The summed E-state index contributed by atoms with van der Waals surface area (Å²) in [4.78, 5) is 4.69. The predicted molar refractivity (Wildman–Crippen MR) is 104 cm³/mol. The minimum Gasteiger partial charge on any atom is -0.386 e. The van der Waals surface area contributed by atoms with Gasteiger partial charge in [0.2, 0.25) is 0 Å². The Morgan fingerprint density at radius 3 is 2.28 bits per heavy atom. The van der Waals surface area contributed by atoms with Crippen LogP contribution in [0.2, 0.25) is 0 Å². The van der Waals surface area contributed by atoms with Crippen LogP contribution < -0.4 is 0 Å². The molecule has 1 fully saturated rings. The molecule has 0 heterocycles. The molecule has 1 aliphatic carbocycles. The molecule has 3 nitrogen and oxygen atoms in total. The maximum atomic E-state index is 10.5. The van der Waals surface area contributed by atoms with Gasteiger partial charge in [-0.2, -0.15) is 5.26 Å². The van der Waals surface area contributed by atoms with Crippen molar-refractivity contribution in [2.24, 2.45) is 15.8 Å². The van der Waals surface area contributed by atoms with E-state index in [-0.39, 0.29) is 16.2 Å². The first-order chi connectivity index (χ1) is 11.4. The van der Waals surface area contributed by atoms with Crippen molar-refractivity contribution in [3.63, 3.8) is 0 Å². The lowest BCUT2D eigenvalue weighted by Gasteiger charge is -2.39. The summed E-state index contributed by atoms with van der Waals surface area (Å²) in [6, 6.07) is 10.6. The molecule has 1 aliphatic rings. The maximum Gasteiger partial charge on any atom is 0.0985 e. The lowest BCUT2D eigenvalue weighted by Crippen LogP contribution is -2.35. The Balaban J connectivity index is 2.09. The fourth-order valence-corrected chi connectivity index (χ4v) is 3.96. The largest absolute Gasteiger partial charge is 0.386 e. The van der Waals surface area contributed by atoms with Gasteiger partial charge < -0.3 is 5.11 Å². The summed E-state index contributed by atoms with van der Waals surface area (Å²) in [5.74, 6) is 0. The van der Waals surface area contributed by atoms with Crippen LogP contribution in [0.15, 0.2) is 29.3 Å². The van der Waals surface area contributed by atoms with E-state index in [2.05, 4.69) is 57.8 Å². The van der Waals surface area contributed by atoms with Crippen LogP contribution in [0.25, 0.3) is 0 Å². The highest BCUT2D eigenvalue weighted by molar-refractivity contribution is 5.87. The van der Waals surface area contributed by atoms with E-state index >= 15 is 0 Å². The van der Waals surface area contributed by atoms with Crippen molar-refractivity contribution in [2.45, 2.75) is 72.3 Å². The predicted octanol–water partition coefficient (Wildman–Crippen LogP) is 5.20. The van der Waals surface area contributed by atoms with Crippen molar-refractivity contribution < 1.29 is 5.11 Å². The zero-order valence-corrected chi connectivity index (χ0v) is 16.6. The summed E-state index contributed by atoms with van der Waals surface area (Å²) in [6.07, 6.45) is 1.91. The number of rotatable bonds is 3. The molecule has 1 aromatic rings. The minimum atomic E-state index is -0.597. The van der Waals surface area contributed by atoms with Gasteiger partial charge in [-0.05, 0) is 41.7 Å². The molecule has 1 saturated carbocycles. The zero-order valence-electron chi connectivity index (χ0n) is 16.6. The van der Waals surface area contributed by atoms with Crippen LogP contribution in [0.4, 0.5) is 0 Å². The van der Waals surface area contributed by atoms with Gasteiger partial charge in [-0.15, -0.1) is 0 Å². The van der Waals surface area contributed by atoms with E-state index < -0.39 is 6.10 Å². The molecule has 3 heteroatoms. The van der Waals surface area contributed by atoms with Crippen molar-refractivity contribution >= 4 is 5.71 Å². The molecule has 0 saturated heterocycles. The number of hydrogen-bond acceptors (Lipinski definition) is 3. The van der Waals surface area contributed by atoms with Crippen LogP contribution >= 0.6 is 0 Å². The maximum absolute atomic E-state index is 10.5. The molecule has 136 valence electrons. The summed E-state index contributed by atoms with van der Waals surface area (Å²) in [6.45, 7) is 13.3. The Morgan fingerprint density at radius 2 is 1.76 bits per heavy atom. The van der Waals surface area contributed by atoms with Gasteiger partial charge in [0.15, 0.2) is 0 Å². The van der Waals surface area contributed by atoms with Gasteiger partial charge in [0.1, 0.15) is 0 Å². The summed E-state index contributed by atoms with van der Waals surface area (Å²) in [5, 5.41) is 20.0. The molecule has 25 heavy (non-hydrogen) atoms. The van der Waals surface area contributed by atoms with Gasteiger partial charge >= 0.3 is 0 Å². The average molecular weight is 341 g/mol. The van der Waals surface area contributed by atoms with Crippen LogP contribution in [0, 0.1) is 22.2 Å². The van der Waals surface area contributed by atoms with Gasteiger partial charge in [0.05, 0.1) is 24.1 Å². The van der Waals surface area contributed by atoms with Gasteiger partial charge in [0, 0.05) is 12.1 Å². The third kappa shape index (κ3) is 5.16. The van der Waals surface area contributed by atoms with E-state index in [1.54, 1.807) is 0 Å². The quantitative estimate of drug-likeness (QED) is 0.822. The Morgan fingerprint density at radius 1 is 1.16 bits per heavy atom. The summed E-state index contributed by atoms with van der Waals surface area (Å²) >= 11 is 0. The number of aliphatic hydroxyl groups excluding tert-OH is 1. The Hall–Kier alpha value is -1.66. The normalized spacial score (nSPS) is 26.2. The molecule has 2 rings (SSSR count). The Kier molecular flexibility index (Phi) is 5.44. The zero-order chi connectivity index (χ0) is 18.9. The summed E-state index contributed by atoms with van der Waals surface area (Å²) in [7, 11) is 0. The molecule has 2 unspecified atom stereocenters. The second-order valence-electron chi connectivity index (χ2n) is 9.66. The van der Waals surface area contributed by atoms with Crippen molar-refractivity contribution in [1.29, 1.82) is 5.26 Å². The number of benzene rings is 1. The number of aliphatic imine (C=N–C) groups is 1. The Labute approximate surface area is 152 Å². The number of aliphatic hydroxyl groups is 1. The van der Waals surface area contributed by atoms with Gasteiger partial charge in [-0.1, -0.05) is 58.9 Å². The first kappa shape index (κ1) is 19.7. The number of nitriles is 1. The van der Waals surface area contributed by atoms with Gasteiger partial charge in [-0.25, -0.2) is 0 Å². The molecule has 1 aromatic carbocycles. The van der Waals surface area contributed by atoms with Crippen LogP contribution in [0.3, 0.4) is 0 Å². The molecule has 2 atom stereocenters. The van der Waals surface area contributed by atoms with Crippen molar-refractivity contribution in [1.82, 2.24) is 0 Å². The standard InChI is InChI=1S/C22H32N2O/c1-20(2,3)17-9-7-16(8-10-17)19(25)13-24-18-11-21(4,5)14-22(6,12-18)15-23/h7-10,19,25H,11-14H2,1-6H3. The van der Waals surface area contributed by atoms with Crippen LogP contribution in [0.5, 0.6) is 0 Å². The molecular weight excluding hydrogens is 308 g/mol. The molecule has 0 amide bonds. The first-order valence-electron chi connectivity index (χ1n) is 9.16. The van der Waals surface area contributed by atoms with E-state index in [4.69, 9.17) is 0 Å². The van der Waals surface area contributed by atoms with E-state index in [1.807, 2.05) is 19.1 Å². The van der Waals surface area contributed by atoms with E-state index in [9.17, 15) is 10.4 Å². The van der Waals surface area contributed by atoms with Crippen molar-refractivity contribution in [3.05, 3.63) is 35.4 Å². The van der Waals surface area contributed by atoms with Crippen LogP contribution in [0.1, 0.15) is 78.0 Å². The van der Waals surface area contributed by atoms with Gasteiger partial charge in [0.25, 0.3) is 0 Å². The average Bonchev–Trinajstić information content (AvgIpc) is 2.50. The monoisotopic (exact) mass is 340 g/mol. The lowest BCUT2D eigenvalue weighted by atomic mass is 9.64. The molecule has 0 aliphatic heterocycles. The van der Waals surface area contributed by atoms with Crippen molar-refractivity contribution in [2.75, 3.05) is 6.54 Å². The minimum absolute atomic E-state index is 0.0842. The fraction of sp³-hybridized carbons (Fsp3) is 0.636. The number of hydrogen-bond donors (Lipinski definition) is 1. The topological polar surface area (TPSA) is 56.4 Å². The SMILES string of the molecule is CC1(C)CC(=NCC(O)c2ccc(C(C)(C)C)cc2)CC(C)(C#N)C1. The highest BCUT2D eigenvalue weighted by atomic mass is 16.3. The molecule has 1 N–H and O–H groups in total. The fourth-order valence-electron chi connectivity index (χ4n) is 3.96. The molecule has 0 spiro atoms. The van der Waals surface area contributed by atoms with E-state index in [0.29, 0.717) is 13.0 Å². The first-order valence-corrected chi connectivity index (χ1v) is 9.16. The Bertz CT molecular complexity index is 673. The highest BCUT2D eigenvalue weighted by Gasteiger charge is 2.39. The third-order valence-electron chi connectivity index (χ3n) is 5.06. The summed E-state index contributed by atoms with van der Waals surface area (Å²) < 4.78 is 0. The third-order valence-corrected chi connectivity index (χ3v) is 5.06. The molecule has 0 bridgehead atoms. The molecule has 0 radical (unpaired) electrons. The second-order valence-corrected chi connectivity index (χ2v) is 9.66. The molecule has 0 aromatic heterocycles. The van der Waals surface area contributed by atoms with E-state index in [0.717, 1.165) is 24.1 Å². The van der Waals surface area contributed by atoms with Crippen LogP contribution in [-0.4, -0.2) is 17.4 Å². The second kappa shape index (κ2) is 6.92.